The van der Waals surface area contributed by atoms with Gasteiger partial charge in [0.15, 0.2) is 47.0 Å². The van der Waals surface area contributed by atoms with Crippen LogP contribution in [0.5, 0.6) is 0 Å². The Morgan fingerprint density at radius 1 is 0.259 bits per heavy atom. The molecule has 14 rings (SSSR count). The van der Waals surface area contributed by atoms with E-state index in [2.05, 4.69) is 338 Å². The second kappa shape index (κ2) is 106. The third kappa shape index (κ3) is 73.9. The number of rotatable bonds is 19. The van der Waals surface area contributed by atoms with Crippen LogP contribution >= 0.6 is 22.7 Å². The molecule has 0 amide bonds. The van der Waals surface area contributed by atoms with Crippen molar-refractivity contribution in [3.8, 4) is 0 Å². The molecule has 7 heterocycles. The lowest BCUT2D eigenvalue weighted by atomic mass is 9.48. The summed E-state index contributed by atoms with van der Waals surface area (Å²) in [5, 5.41) is 55.2. The molecule has 27 heteroatoms. The SMILES string of the molecule is CB(C)c1ccc(CC2=NN=CC2)cc1.CB(C)c1ccc(Cc2nnco2)cc1.CB(C)c1ccc(Cc2nncs2)cc1.CB(C)c1cccc(Cc2nnco2)c1.CB(C)c1ccccc1.CB(C)c1ccccc1.CB(C)c1ccccc1Cc1nnco1.CC.CC.CC.CC.CC.CC.CC.CC.CC.CC.CC.CC.CC.CC.CCc1nnco1.CCc1nncs1. The van der Waals surface area contributed by atoms with Crippen molar-refractivity contribution in [1.29, 1.82) is 0 Å². The Morgan fingerprint density at radius 3 is 0.844 bits per heavy atom. The van der Waals surface area contributed by atoms with E-state index in [1.54, 1.807) is 33.7 Å². The van der Waals surface area contributed by atoms with Crippen molar-refractivity contribution in [2.75, 3.05) is 0 Å². The minimum atomic E-state index is 0.518. The summed E-state index contributed by atoms with van der Waals surface area (Å²) in [7, 11) is 0. The highest BCUT2D eigenvalue weighted by Crippen LogP contribution is 2.12. The second-order valence-electron chi connectivity index (χ2n) is 27.3. The van der Waals surface area contributed by atoms with Gasteiger partial charge in [-0.05, 0) is 34.2 Å². The first-order chi connectivity index (χ1) is 65.8. The zero-order chi connectivity index (χ0) is 105. The molecule has 0 fully saturated rings. The molecule has 0 saturated heterocycles. The van der Waals surface area contributed by atoms with Crippen LogP contribution in [-0.4, -0.2) is 120 Å². The van der Waals surface area contributed by atoms with Crippen LogP contribution in [0.1, 0.15) is 276 Å². The van der Waals surface area contributed by atoms with Crippen LogP contribution in [0.2, 0.25) is 95.5 Å². The smallest absolute Gasteiger partial charge is 0.220 e. The summed E-state index contributed by atoms with van der Waals surface area (Å²) >= 11 is 3.21. The van der Waals surface area contributed by atoms with Crippen molar-refractivity contribution in [3.05, 3.63) is 280 Å². The molecule has 0 spiro atoms. The summed E-state index contributed by atoms with van der Waals surface area (Å²) in [6.45, 7) is 95.0. The van der Waals surface area contributed by atoms with Crippen LogP contribution in [0.4, 0.5) is 0 Å². The van der Waals surface area contributed by atoms with Gasteiger partial charge in [-0.3, -0.25) is 0 Å². The zero-order valence-corrected chi connectivity index (χ0v) is 94.9. The fourth-order valence-electron chi connectivity index (χ4n) is 10.2. The number of nitrogens with zero attached hydrogens (tertiary/aromatic N) is 14. The fourth-order valence-corrected chi connectivity index (χ4v) is 11.2. The maximum Gasteiger partial charge on any atom is 0.220 e. The number of aromatic nitrogens is 12. The van der Waals surface area contributed by atoms with E-state index in [0.717, 1.165) is 47.8 Å². The number of benzene rings is 7. The Hall–Kier alpha value is -9.99. The maximum atomic E-state index is 5.15. The highest BCUT2D eigenvalue weighted by molar-refractivity contribution is 7.09. The summed E-state index contributed by atoms with van der Waals surface area (Å²) in [5.74, 6) is 2.69. The molecule has 135 heavy (non-hydrogen) atoms. The summed E-state index contributed by atoms with van der Waals surface area (Å²) < 4.78 is 20.1. The lowest BCUT2D eigenvalue weighted by molar-refractivity contribution is 0.500. The van der Waals surface area contributed by atoms with Crippen molar-refractivity contribution >= 4 is 120 Å². The van der Waals surface area contributed by atoms with E-state index in [9.17, 15) is 0 Å². The Labute approximate surface area is 837 Å². The molecule has 13 aromatic rings. The molecule has 1 aliphatic heterocycles. The quantitative estimate of drug-likeness (QED) is 0.0685. The van der Waals surface area contributed by atoms with Gasteiger partial charge in [-0.1, -0.05) is 523 Å². The van der Waals surface area contributed by atoms with E-state index < -0.39 is 0 Å². The Morgan fingerprint density at radius 2 is 0.563 bits per heavy atom. The van der Waals surface area contributed by atoms with Gasteiger partial charge in [0.1, 0.15) is 21.0 Å². The van der Waals surface area contributed by atoms with Gasteiger partial charge in [0.05, 0.1) is 25.0 Å². The molecule has 0 atom stereocenters. The second-order valence-corrected chi connectivity index (χ2v) is 29.2. The molecule has 0 bridgehead atoms. The molecule has 0 aliphatic carbocycles. The Balaban J connectivity index is -0.000000184. The van der Waals surface area contributed by atoms with Gasteiger partial charge in [-0.15, -0.1) is 83.9 Å². The average molecular weight is 1880 g/mol. The van der Waals surface area contributed by atoms with E-state index in [1.165, 1.54) is 91.6 Å². The predicted octanol–water partition coefficient (Wildman–Crippen LogP) is 28.4. The minimum Gasteiger partial charge on any atom is -0.428 e. The summed E-state index contributed by atoms with van der Waals surface area (Å²) in [6, 6.07) is 63.9. The molecule has 0 radical (unpaired) electrons. The third-order valence-corrected chi connectivity index (χ3v) is 18.2. The molecule has 0 saturated carbocycles. The van der Waals surface area contributed by atoms with Gasteiger partial charge in [0, 0.05) is 31.9 Å². The van der Waals surface area contributed by atoms with Gasteiger partial charge in [0.2, 0.25) is 49.1 Å². The largest absolute Gasteiger partial charge is 0.428 e. The van der Waals surface area contributed by atoms with Crippen LogP contribution in [0, 0.1) is 0 Å². The summed E-state index contributed by atoms with van der Waals surface area (Å²) in [6.07, 6.45) is 14.0. The minimum absolute atomic E-state index is 0.518. The van der Waals surface area contributed by atoms with E-state index >= 15 is 0 Å². The number of aryl methyl sites for hydroxylation is 2. The average Bonchev–Trinajstić information content (AvgIpc) is 1.85. The third-order valence-electron chi connectivity index (χ3n) is 16.6. The van der Waals surface area contributed by atoms with E-state index in [-0.39, 0.29) is 0 Å². The van der Waals surface area contributed by atoms with Gasteiger partial charge in [0.25, 0.3) is 0 Å². The van der Waals surface area contributed by atoms with Gasteiger partial charge >= 0.3 is 0 Å². The first kappa shape index (κ1) is 143. The Kier molecular flexibility index (Phi) is 112. The van der Waals surface area contributed by atoms with Crippen LogP contribution in [0.25, 0.3) is 0 Å². The predicted molar refractivity (Wildman–Crippen MR) is 615 cm³/mol. The topological polar surface area (TPSA) is 232 Å². The zero-order valence-electron chi connectivity index (χ0n) is 93.3. The van der Waals surface area contributed by atoms with Crippen molar-refractivity contribution in [2.45, 2.75) is 355 Å². The molecule has 1 aliphatic rings. The Bertz CT molecular complexity index is 4260. The van der Waals surface area contributed by atoms with Crippen LogP contribution in [0.3, 0.4) is 0 Å². The van der Waals surface area contributed by atoms with Crippen molar-refractivity contribution < 1.29 is 17.7 Å². The molecule has 0 N–H and O–H groups in total. The van der Waals surface area contributed by atoms with Gasteiger partial charge in [-0.25, -0.2) is 0 Å². The summed E-state index contributed by atoms with van der Waals surface area (Å²) in [5.41, 5.74) is 20.6. The van der Waals surface area contributed by atoms with Gasteiger partial charge in [-0.2, -0.15) is 10.2 Å². The molecule has 6 aromatic heterocycles. The monoisotopic (exact) mass is 1880 g/mol. The number of hydrogen-bond donors (Lipinski definition) is 0. The van der Waals surface area contributed by atoms with Crippen LogP contribution in [0.15, 0.2) is 246 Å². The lowest BCUT2D eigenvalue weighted by Crippen LogP contribution is -2.26. The van der Waals surface area contributed by atoms with Crippen molar-refractivity contribution in [3.63, 3.8) is 0 Å². The van der Waals surface area contributed by atoms with Crippen molar-refractivity contribution in [2.24, 2.45) is 10.2 Å². The molecular weight excluding hydrogens is 1700 g/mol. The van der Waals surface area contributed by atoms with Gasteiger partial charge < -0.3 is 17.7 Å². The number of hydrogen-bond acceptors (Lipinski definition) is 20. The van der Waals surface area contributed by atoms with Crippen LogP contribution in [-0.2, 0) is 44.9 Å². The first-order valence-electron chi connectivity index (χ1n) is 50.9. The van der Waals surface area contributed by atoms with E-state index in [0.29, 0.717) is 89.8 Å². The van der Waals surface area contributed by atoms with E-state index in [4.69, 9.17) is 17.7 Å². The highest BCUT2D eigenvalue weighted by atomic mass is 32.1. The fraction of sp³-hybridized carbons (Fsp3) is 0.481. The standard InChI is InChI=1S/C12H15BN2.3C11H13BN2O.C11H13BN2S.2C8H11B.C4H6N2O.C4H6N2S.14C2H6/c1-13(2)11-5-3-10(4-6-11)9-12-7-8-14-15-12;1-12(2)10-5-3-9(4-6-10)7-11-14-13-8-15-11;1-12(2)10-5-3-4-9(6-10)7-11-14-13-8-15-11;1-12(2)10-6-4-3-5-9(10)7-11-14-13-8-15-11;1-12(2)10-5-3-9(4-6-10)7-11-14-13-8-15-11;2*1-9(2)8-6-4-3-5-7-8;2*1-2-4-6-5-3-7-4;14*1-2/h3-6,8H,7,9H2,1-2H3;4*3-6,8H,7H2,1-2H3;2*3-7H,1-2H3;2*3H,2H2,1H3;14*1-2H3. The molecular formula is C108H185B7N14O4S2. The summed E-state index contributed by atoms with van der Waals surface area (Å²) in [4.78, 5) is 0. The van der Waals surface area contributed by atoms with Crippen molar-refractivity contribution in [1.82, 2.24) is 61.2 Å². The highest BCUT2D eigenvalue weighted by Gasteiger charge is 2.13. The van der Waals surface area contributed by atoms with E-state index in [1.807, 2.05) is 225 Å². The molecule has 7 aromatic carbocycles. The van der Waals surface area contributed by atoms with Crippen LogP contribution < -0.4 is 38.2 Å². The lowest BCUT2D eigenvalue weighted by Gasteiger charge is -2.08. The molecule has 744 valence electrons. The first-order valence-corrected chi connectivity index (χ1v) is 52.6. The normalized spacial score (nSPS) is 8.93. The molecule has 18 nitrogen and oxygen atoms in total. The maximum absolute atomic E-state index is 5.15. The molecule has 0 unspecified atom stereocenters.